The van der Waals surface area contributed by atoms with Gasteiger partial charge in [-0.25, -0.2) is 0 Å². The minimum absolute atomic E-state index is 0.402. The molecule has 1 saturated heterocycles. The van der Waals surface area contributed by atoms with Gasteiger partial charge in [-0.05, 0) is 19.8 Å². The Kier molecular flexibility index (Phi) is 6.92. The van der Waals surface area contributed by atoms with Crippen molar-refractivity contribution in [2.45, 2.75) is 32.0 Å². The molecule has 4 nitrogen and oxygen atoms in total. The van der Waals surface area contributed by atoms with Crippen LogP contribution in [-0.2, 0) is 14.2 Å². The number of rotatable bonds is 8. The monoisotopic (exact) mass is 217 g/mol. The zero-order valence-corrected chi connectivity index (χ0v) is 9.83. The van der Waals surface area contributed by atoms with Gasteiger partial charge in [0.15, 0.2) is 0 Å². The van der Waals surface area contributed by atoms with Crippen LogP contribution in [0.3, 0.4) is 0 Å². The van der Waals surface area contributed by atoms with Crippen molar-refractivity contribution < 1.29 is 14.2 Å². The standard InChI is InChI=1S/C11H23NO3/c1-10-3-4-11(15-10)9-12-5-6-14-8-7-13-2/h10-12H,3-9H2,1-2H3. The summed E-state index contributed by atoms with van der Waals surface area (Å²) in [7, 11) is 1.68. The lowest BCUT2D eigenvalue weighted by atomic mass is 10.2. The minimum Gasteiger partial charge on any atom is -0.382 e. The van der Waals surface area contributed by atoms with Gasteiger partial charge in [0.2, 0.25) is 0 Å². The number of hydrogen-bond acceptors (Lipinski definition) is 4. The Balaban J connectivity index is 1.81. The van der Waals surface area contributed by atoms with Crippen molar-refractivity contribution in [1.82, 2.24) is 5.32 Å². The molecule has 1 fully saturated rings. The maximum atomic E-state index is 5.68. The summed E-state index contributed by atoms with van der Waals surface area (Å²) in [6, 6.07) is 0. The highest BCUT2D eigenvalue weighted by Gasteiger charge is 2.20. The van der Waals surface area contributed by atoms with Crippen LogP contribution < -0.4 is 5.32 Å². The van der Waals surface area contributed by atoms with E-state index >= 15 is 0 Å². The third kappa shape index (κ3) is 6.10. The van der Waals surface area contributed by atoms with Gasteiger partial charge in [0.1, 0.15) is 0 Å². The molecule has 1 aliphatic rings. The maximum absolute atomic E-state index is 5.68. The van der Waals surface area contributed by atoms with Crippen LogP contribution in [0.2, 0.25) is 0 Å². The largest absolute Gasteiger partial charge is 0.382 e. The molecule has 0 spiro atoms. The molecule has 15 heavy (non-hydrogen) atoms. The predicted octanol–water partition coefficient (Wildman–Crippen LogP) is 0.807. The summed E-state index contributed by atoms with van der Waals surface area (Å²) >= 11 is 0. The Morgan fingerprint density at radius 1 is 1.27 bits per heavy atom. The van der Waals surface area contributed by atoms with Gasteiger partial charge in [-0.15, -0.1) is 0 Å². The normalized spacial score (nSPS) is 26.0. The molecule has 2 unspecified atom stereocenters. The molecule has 0 aromatic rings. The van der Waals surface area contributed by atoms with Crippen LogP contribution in [0.15, 0.2) is 0 Å². The van der Waals surface area contributed by atoms with Gasteiger partial charge in [0, 0.05) is 20.2 Å². The average molecular weight is 217 g/mol. The lowest BCUT2D eigenvalue weighted by Crippen LogP contribution is -2.29. The van der Waals surface area contributed by atoms with E-state index in [9.17, 15) is 0 Å². The second-order valence-corrected chi connectivity index (χ2v) is 3.96. The van der Waals surface area contributed by atoms with Crippen molar-refractivity contribution in [3.63, 3.8) is 0 Å². The van der Waals surface area contributed by atoms with E-state index in [-0.39, 0.29) is 0 Å². The topological polar surface area (TPSA) is 39.7 Å². The molecule has 1 rings (SSSR count). The van der Waals surface area contributed by atoms with Crippen LogP contribution >= 0.6 is 0 Å². The molecule has 0 aromatic carbocycles. The highest BCUT2D eigenvalue weighted by molar-refractivity contribution is 4.72. The fraction of sp³-hybridized carbons (Fsp3) is 1.00. The van der Waals surface area contributed by atoms with Gasteiger partial charge in [0.25, 0.3) is 0 Å². The molecule has 0 saturated carbocycles. The third-order valence-electron chi connectivity index (χ3n) is 2.55. The van der Waals surface area contributed by atoms with Gasteiger partial charge in [-0.1, -0.05) is 0 Å². The first-order chi connectivity index (χ1) is 7.33. The zero-order chi connectivity index (χ0) is 10.9. The summed E-state index contributed by atoms with van der Waals surface area (Å²) < 4.78 is 15.9. The number of hydrogen-bond donors (Lipinski definition) is 1. The van der Waals surface area contributed by atoms with Gasteiger partial charge in [-0.3, -0.25) is 0 Å². The van der Waals surface area contributed by atoms with Gasteiger partial charge in [0.05, 0.1) is 32.0 Å². The molecule has 1 aliphatic heterocycles. The van der Waals surface area contributed by atoms with Crippen LogP contribution in [0.25, 0.3) is 0 Å². The zero-order valence-electron chi connectivity index (χ0n) is 9.83. The first-order valence-corrected chi connectivity index (χ1v) is 5.75. The molecule has 0 bridgehead atoms. The number of ether oxygens (including phenoxy) is 3. The van der Waals surface area contributed by atoms with Crippen LogP contribution in [-0.4, -0.2) is 52.2 Å². The Labute approximate surface area is 92.3 Å². The molecule has 0 aromatic heterocycles. The van der Waals surface area contributed by atoms with Crippen molar-refractivity contribution in [2.24, 2.45) is 0 Å². The maximum Gasteiger partial charge on any atom is 0.0704 e. The van der Waals surface area contributed by atoms with Crippen molar-refractivity contribution in [1.29, 1.82) is 0 Å². The molecule has 90 valence electrons. The fourth-order valence-electron chi connectivity index (χ4n) is 1.69. The molecule has 0 aliphatic carbocycles. The van der Waals surface area contributed by atoms with E-state index in [1.807, 2.05) is 0 Å². The van der Waals surface area contributed by atoms with Crippen molar-refractivity contribution in [3.8, 4) is 0 Å². The molecule has 1 heterocycles. The molecular formula is C11H23NO3. The molecule has 1 N–H and O–H groups in total. The summed E-state index contributed by atoms with van der Waals surface area (Å²) in [4.78, 5) is 0. The molecular weight excluding hydrogens is 194 g/mol. The van der Waals surface area contributed by atoms with E-state index in [1.165, 1.54) is 12.8 Å². The van der Waals surface area contributed by atoms with E-state index in [2.05, 4.69) is 12.2 Å². The highest BCUT2D eigenvalue weighted by Crippen LogP contribution is 2.17. The van der Waals surface area contributed by atoms with Gasteiger partial charge < -0.3 is 19.5 Å². The predicted molar refractivity (Wildman–Crippen MR) is 59.1 cm³/mol. The molecule has 2 atom stereocenters. The average Bonchev–Trinajstić information content (AvgIpc) is 2.63. The van der Waals surface area contributed by atoms with E-state index in [0.717, 1.165) is 19.7 Å². The van der Waals surface area contributed by atoms with Crippen LogP contribution in [0, 0.1) is 0 Å². The Morgan fingerprint density at radius 3 is 2.80 bits per heavy atom. The van der Waals surface area contributed by atoms with Gasteiger partial charge in [-0.2, -0.15) is 0 Å². The van der Waals surface area contributed by atoms with Crippen LogP contribution in [0.1, 0.15) is 19.8 Å². The van der Waals surface area contributed by atoms with Crippen molar-refractivity contribution >= 4 is 0 Å². The first-order valence-electron chi connectivity index (χ1n) is 5.75. The summed E-state index contributed by atoms with van der Waals surface area (Å²) in [5.41, 5.74) is 0. The molecule has 0 amide bonds. The smallest absolute Gasteiger partial charge is 0.0704 e. The summed E-state index contributed by atoms with van der Waals surface area (Å²) in [5.74, 6) is 0. The molecule has 4 heteroatoms. The SMILES string of the molecule is COCCOCCNCC1CCC(C)O1. The summed E-state index contributed by atoms with van der Waals surface area (Å²) in [5, 5.41) is 3.33. The van der Waals surface area contributed by atoms with Crippen molar-refractivity contribution in [3.05, 3.63) is 0 Å². The van der Waals surface area contributed by atoms with Gasteiger partial charge >= 0.3 is 0 Å². The van der Waals surface area contributed by atoms with Crippen molar-refractivity contribution in [2.75, 3.05) is 40.0 Å². The minimum atomic E-state index is 0.402. The Hall–Kier alpha value is -0.160. The second-order valence-electron chi connectivity index (χ2n) is 3.96. The third-order valence-corrected chi connectivity index (χ3v) is 2.55. The van der Waals surface area contributed by atoms with E-state index < -0.39 is 0 Å². The van der Waals surface area contributed by atoms with E-state index in [0.29, 0.717) is 25.4 Å². The summed E-state index contributed by atoms with van der Waals surface area (Å²) in [6.45, 7) is 6.05. The quantitative estimate of drug-likeness (QED) is 0.611. The molecule has 0 radical (unpaired) electrons. The van der Waals surface area contributed by atoms with Crippen LogP contribution in [0.4, 0.5) is 0 Å². The lowest BCUT2D eigenvalue weighted by molar-refractivity contribution is 0.0505. The lowest BCUT2D eigenvalue weighted by Gasteiger charge is -2.12. The fourth-order valence-corrected chi connectivity index (χ4v) is 1.69. The highest BCUT2D eigenvalue weighted by atomic mass is 16.5. The van der Waals surface area contributed by atoms with E-state index in [4.69, 9.17) is 14.2 Å². The summed E-state index contributed by atoms with van der Waals surface area (Å²) in [6.07, 6.45) is 3.21. The Bertz CT molecular complexity index is 155. The first kappa shape index (κ1) is 12.9. The second kappa shape index (κ2) is 8.05. The van der Waals surface area contributed by atoms with Crippen LogP contribution in [0.5, 0.6) is 0 Å². The van der Waals surface area contributed by atoms with E-state index in [1.54, 1.807) is 7.11 Å². The number of nitrogens with one attached hydrogen (secondary N) is 1. The number of methoxy groups -OCH3 is 1. The Morgan fingerprint density at radius 2 is 2.13 bits per heavy atom.